The fraction of sp³-hybridized carbons (Fsp3) is 0.292. The summed E-state index contributed by atoms with van der Waals surface area (Å²) in [5, 5.41) is 17.0. The Morgan fingerprint density at radius 1 is 1.30 bits per heavy atom. The molecule has 0 unspecified atom stereocenters. The van der Waals surface area contributed by atoms with Gasteiger partial charge in [0.15, 0.2) is 0 Å². The molecule has 0 bridgehead atoms. The van der Waals surface area contributed by atoms with Gasteiger partial charge in [-0.1, -0.05) is 36.7 Å². The lowest BCUT2D eigenvalue weighted by Gasteiger charge is -2.28. The number of halogens is 1. The molecule has 0 spiro atoms. The van der Waals surface area contributed by atoms with E-state index < -0.39 is 5.92 Å². The van der Waals surface area contributed by atoms with Crippen LogP contribution in [0.25, 0.3) is 0 Å². The number of carbonyl (C=O) groups is 2. The number of ether oxygens (including phenoxy) is 1. The van der Waals surface area contributed by atoms with Crippen LogP contribution in [0.3, 0.4) is 0 Å². The Labute approximate surface area is 201 Å². The van der Waals surface area contributed by atoms with Crippen molar-refractivity contribution in [2.24, 2.45) is 0 Å². The van der Waals surface area contributed by atoms with E-state index in [4.69, 9.17) is 20.8 Å². The number of thioether (sulfide) groups is 1. The molecule has 1 aliphatic heterocycles. The maximum absolute atomic E-state index is 13.3. The lowest BCUT2D eigenvalue weighted by Crippen LogP contribution is -2.30. The number of allylic oxidation sites excluding steroid dienone is 2. The molecular formula is C24H24ClN3O4S. The van der Waals surface area contributed by atoms with E-state index in [-0.39, 0.29) is 17.6 Å². The van der Waals surface area contributed by atoms with E-state index in [2.05, 4.69) is 16.7 Å². The summed E-state index contributed by atoms with van der Waals surface area (Å²) in [5.74, 6) is -0.960. The van der Waals surface area contributed by atoms with E-state index in [9.17, 15) is 14.9 Å². The summed E-state index contributed by atoms with van der Waals surface area (Å²) in [5.41, 5.74) is 1.78. The summed E-state index contributed by atoms with van der Waals surface area (Å²) in [4.78, 5) is 25.3. The molecule has 0 fully saturated rings. The number of nitrogens with one attached hydrogen (secondary N) is 2. The van der Waals surface area contributed by atoms with Gasteiger partial charge < -0.3 is 19.8 Å². The van der Waals surface area contributed by atoms with Gasteiger partial charge in [0.25, 0.3) is 5.91 Å². The van der Waals surface area contributed by atoms with Crippen LogP contribution in [-0.2, 0) is 14.3 Å². The second kappa shape index (κ2) is 11.6. The van der Waals surface area contributed by atoms with Crippen LogP contribution in [0.1, 0.15) is 38.4 Å². The Morgan fingerprint density at radius 2 is 2.06 bits per heavy atom. The first kappa shape index (κ1) is 24.5. The van der Waals surface area contributed by atoms with Crippen molar-refractivity contribution in [1.82, 2.24) is 5.32 Å². The summed E-state index contributed by atoms with van der Waals surface area (Å²) in [6.07, 6.45) is 3.23. The van der Waals surface area contributed by atoms with Crippen LogP contribution in [0.5, 0.6) is 0 Å². The highest BCUT2D eigenvalue weighted by molar-refractivity contribution is 8.03. The van der Waals surface area contributed by atoms with Crippen molar-refractivity contribution >= 4 is 40.9 Å². The summed E-state index contributed by atoms with van der Waals surface area (Å²) in [7, 11) is 0. The molecule has 2 heterocycles. The highest BCUT2D eigenvalue weighted by Gasteiger charge is 2.36. The molecule has 0 saturated heterocycles. The van der Waals surface area contributed by atoms with Gasteiger partial charge in [-0.25, -0.2) is 0 Å². The zero-order valence-electron chi connectivity index (χ0n) is 18.3. The number of amides is 1. The molecule has 3 rings (SSSR count). The van der Waals surface area contributed by atoms with Gasteiger partial charge in [-0.2, -0.15) is 5.26 Å². The SMILES string of the molecule is CCCCOC(=O)CSC1=C(C#N)[C@@H](c2ccco2)C(C(=O)Nc2ccc(Cl)cc2)=C(C)N1. The monoisotopic (exact) mass is 485 g/mol. The number of hydrogen-bond acceptors (Lipinski definition) is 7. The molecule has 33 heavy (non-hydrogen) atoms. The number of hydrogen-bond donors (Lipinski definition) is 2. The van der Waals surface area contributed by atoms with Crippen molar-refractivity contribution in [2.45, 2.75) is 32.6 Å². The van der Waals surface area contributed by atoms with Gasteiger partial charge in [-0.3, -0.25) is 9.59 Å². The molecule has 1 aromatic carbocycles. The van der Waals surface area contributed by atoms with Crippen LogP contribution in [0, 0.1) is 11.3 Å². The summed E-state index contributed by atoms with van der Waals surface area (Å²) in [6, 6.07) is 12.4. The average Bonchev–Trinajstić information content (AvgIpc) is 3.33. The van der Waals surface area contributed by atoms with Crippen LogP contribution in [0.15, 0.2) is 69.0 Å². The van der Waals surface area contributed by atoms with Crippen molar-refractivity contribution in [3.63, 3.8) is 0 Å². The smallest absolute Gasteiger partial charge is 0.316 e. The Hall–Kier alpha value is -3.15. The van der Waals surface area contributed by atoms with E-state index in [1.807, 2.05) is 6.92 Å². The van der Waals surface area contributed by atoms with Crippen LogP contribution >= 0.6 is 23.4 Å². The topological polar surface area (TPSA) is 104 Å². The number of nitrogens with zero attached hydrogens (tertiary/aromatic N) is 1. The molecule has 2 N–H and O–H groups in total. The number of dihydropyridines is 1. The van der Waals surface area contributed by atoms with Gasteiger partial charge in [0.05, 0.1) is 46.8 Å². The minimum atomic E-state index is -0.725. The fourth-order valence-electron chi connectivity index (χ4n) is 3.30. The Morgan fingerprint density at radius 3 is 2.70 bits per heavy atom. The average molecular weight is 486 g/mol. The number of unbranched alkanes of at least 4 members (excludes halogenated alkanes) is 1. The molecule has 0 aliphatic carbocycles. The van der Waals surface area contributed by atoms with Crippen molar-refractivity contribution in [1.29, 1.82) is 5.26 Å². The van der Waals surface area contributed by atoms with Crippen LogP contribution in [-0.4, -0.2) is 24.2 Å². The Bertz CT molecular complexity index is 1100. The molecular weight excluding hydrogens is 462 g/mol. The number of furan rings is 1. The maximum atomic E-state index is 13.3. The lowest BCUT2D eigenvalue weighted by atomic mass is 9.85. The lowest BCUT2D eigenvalue weighted by molar-refractivity contribution is -0.140. The molecule has 0 radical (unpaired) electrons. The third-order valence-electron chi connectivity index (χ3n) is 4.92. The normalized spacial score (nSPS) is 15.6. The number of nitriles is 1. The number of benzene rings is 1. The van der Waals surface area contributed by atoms with E-state index in [0.29, 0.717) is 44.9 Å². The van der Waals surface area contributed by atoms with Gasteiger partial charge in [0, 0.05) is 16.4 Å². The first-order chi connectivity index (χ1) is 15.9. The van der Waals surface area contributed by atoms with Gasteiger partial charge in [0.1, 0.15) is 5.76 Å². The van der Waals surface area contributed by atoms with E-state index >= 15 is 0 Å². The summed E-state index contributed by atoms with van der Waals surface area (Å²) < 4.78 is 10.8. The minimum absolute atomic E-state index is 0.0433. The largest absolute Gasteiger partial charge is 0.468 e. The fourth-order valence-corrected chi connectivity index (χ4v) is 4.32. The zero-order chi connectivity index (χ0) is 23.8. The van der Waals surface area contributed by atoms with Crippen molar-refractivity contribution in [3.05, 3.63) is 75.3 Å². The van der Waals surface area contributed by atoms with Gasteiger partial charge in [0.2, 0.25) is 0 Å². The third kappa shape index (κ3) is 6.21. The maximum Gasteiger partial charge on any atom is 0.316 e. The number of esters is 1. The Kier molecular flexibility index (Phi) is 8.64. The zero-order valence-corrected chi connectivity index (χ0v) is 19.9. The standard InChI is InChI=1S/C24H24ClN3O4S/c1-3-4-11-32-20(29)14-33-24-18(13-26)22(19-6-5-12-31-19)21(15(2)27-24)23(30)28-17-9-7-16(25)8-10-17/h5-10,12,22,27H,3-4,11,14H2,1-2H3,(H,28,30)/t22-/m0/s1. The molecule has 1 amide bonds. The van der Waals surface area contributed by atoms with Crippen LogP contribution < -0.4 is 10.6 Å². The van der Waals surface area contributed by atoms with Crippen LogP contribution in [0.4, 0.5) is 5.69 Å². The first-order valence-corrected chi connectivity index (χ1v) is 11.8. The first-order valence-electron chi connectivity index (χ1n) is 10.4. The number of anilines is 1. The second-order valence-corrected chi connectivity index (χ2v) is 8.71. The van der Waals surface area contributed by atoms with Gasteiger partial charge >= 0.3 is 5.97 Å². The third-order valence-corrected chi connectivity index (χ3v) is 6.16. The molecule has 2 aromatic rings. The van der Waals surface area contributed by atoms with Gasteiger partial charge in [-0.05, 0) is 49.7 Å². The predicted molar refractivity (Wildman–Crippen MR) is 128 cm³/mol. The number of rotatable bonds is 9. The molecule has 1 aliphatic rings. The molecule has 1 atom stereocenters. The summed E-state index contributed by atoms with van der Waals surface area (Å²) in [6.45, 7) is 4.14. The van der Waals surface area contributed by atoms with E-state index in [1.165, 1.54) is 18.0 Å². The highest BCUT2D eigenvalue weighted by atomic mass is 35.5. The van der Waals surface area contributed by atoms with Crippen molar-refractivity contribution < 1.29 is 18.7 Å². The quantitative estimate of drug-likeness (QED) is 0.364. The van der Waals surface area contributed by atoms with Crippen LogP contribution in [0.2, 0.25) is 5.02 Å². The molecule has 7 nitrogen and oxygen atoms in total. The van der Waals surface area contributed by atoms with E-state index in [0.717, 1.165) is 12.8 Å². The molecule has 1 aromatic heterocycles. The summed E-state index contributed by atoms with van der Waals surface area (Å²) >= 11 is 7.10. The molecule has 172 valence electrons. The molecule has 0 saturated carbocycles. The number of carbonyl (C=O) groups excluding carboxylic acids is 2. The van der Waals surface area contributed by atoms with E-state index in [1.54, 1.807) is 43.3 Å². The van der Waals surface area contributed by atoms with Crippen molar-refractivity contribution in [2.75, 3.05) is 17.7 Å². The predicted octanol–water partition coefficient (Wildman–Crippen LogP) is 5.34. The van der Waals surface area contributed by atoms with Crippen molar-refractivity contribution in [3.8, 4) is 6.07 Å². The minimum Gasteiger partial charge on any atom is -0.468 e. The molecule has 9 heteroatoms. The second-order valence-electron chi connectivity index (χ2n) is 7.29. The Balaban J connectivity index is 1.86. The highest BCUT2D eigenvalue weighted by Crippen LogP contribution is 2.41. The van der Waals surface area contributed by atoms with Gasteiger partial charge in [-0.15, -0.1) is 0 Å².